The summed E-state index contributed by atoms with van der Waals surface area (Å²) in [4.78, 5) is 30.7. The standard InChI is InChI=1S/C30H30N4O4/c1-32-23-11-5-4-10-22(23)30(36)33-17-15-21-20-9-3-6-12-24(20)34(28(21)29(32)33)19-27(35)31-16-18-38-26-14-8-7-13-25(26)37-2/h3-14,29H,15-19H2,1-2H3,(H,31,35). The van der Waals surface area contributed by atoms with Gasteiger partial charge in [0, 0.05) is 24.5 Å². The first-order valence-corrected chi connectivity index (χ1v) is 12.8. The third-order valence-electron chi connectivity index (χ3n) is 7.46. The highest BCUT2D eigenvalue weighted by atomic mass is 16.5. The maximum absolute atomic E-state index is 13.5. The van der Waals surface area contributed by atoms with Gasteiger partial charge in [-0.25, -0.2) is 0 Å². The molecule has 8 heteroatoms. The molecule has 8 nitrogen and oxygen atoms in total. The van der Waals surface area contributed by atoms with Gasteiger partial charge in [0.1, 0.15) is 19.3 Å². The molecule has 6 rings (SSSR count). The number of fused-ring (bicyclic) bond motifs is 6. The number of anilines is 1. The molecule has 0 spiro atoms. The Morgan fingerprint density at radius 1 is 1.00 bits per heavy atom. The average molecular weight is 511 g/mol. The van der Waals surface area contributed by atoms with Crippen LogP contribution in [0.15, 0.2) is 72.8 Å². The Morgan fingerprint density at radius 3 is 2.58 bits per heavy atom. The summed E-state index contributed by atoms with van der Waals surface area (Å²) in [5.41, 5.74) is 4.82. The minimum Gasteiger partial charge on any atom is -0.493 e. The lowest BCUT2D eigenvalue weighted by atomic mass is 9.96. The second-order valence-corrected chi connectivity index (χ2v) is 9.57. The van der Waals surface area contributed by atoms with Crippen molar-refractivity contribution in [1.29, 1.82) is 0 Å². The fourth-order valence-electron chi connectivity index (χ4n) is 5.77. The number of carbonyl (C=O) groups is 2. The topological polar surface area (TPSA) is 76.0 Å². The molecule has 3 aromatic carbocycles. The van der Waals surface area contributed by atoms with Crippen molar-refractivity contribution in [2.45, 2.75) is 19.1 Å². The molecule has 0 radical (unpaired) electrons. The van der Waals surface area contributed by atoms with Crippen LogP contribution in [-0.2, 0) is 17.8 Å². The number of rotatable bonds is 7. The van der Waals surface area contributed by atoms with E-state index in [1.165, 1.54) is 5.56 Å². The van der Waals surface area contributed by atoms with Crippen molar-refractivity contribution in [3.8, 4) is 11.5 Å². The van der Waals surface area contributed by atoms with Crippen LogP contribution in [0.3, 0.4) is 0 Å². The molecular weight excluding hydrogens is 480 g/mol. The van der Waals surface area contributed by atoms with E-state index in [1.807, 2.05) is 72.6 Å². The molecule has 3 heterocycles. The summed E-state index contributed by atoms with van der Waals surface area (Å²) in [5.74, 6) is 1.21. The number of amides is 2. The summed E-state index contributed by atoms with van der Waals surface area (Å²) in [6, 6.07) is 23.3. The minimum absolute atomic E-state index is 0.0316. The molecule has 1 atom stereocenters. The molecule has 2 amide bonds. The number of aromatic nitrogens is 1. The maximum Gasteiger partial charge on any atom is 0.257 e. The third-order valence-corrected chi connectivity index (χ3v) is 7.46. The van der Waals surface area contributed by atoms with Gasteiger partial charge in [-0.2, -0.15) is 0 Å². The van der Waals surface area contributed by atoms with Gasteiger partial charge in [0.25, 0.3) is 5.91 Å². The van der Waals surface area contributed by atoms with Crippen molar-refractivity contribution < 1.29 is 19.1 Å². The zero-order valence-corrected chi connectivity index (χ0v) is 21.5. The van der Waals surface area contributed by atoms with Gasteiger partial charge in [0.05, 0.1) is 30.6 Å². The molecule has 1 aromatic heterocycles. The quantitative estimate of drug-likeness (QED) is 0.381. The third kappa shape index (κ3) is 3.93. The predicted molar refractivity (Wildman–Crippen MR) is 146 cm³/mol. The zero-order chi connectivity index (χ0) is 26.2. The average Bonchev–Trinajstić information content (AvgIpc) is 3.27. The van der Waals surface area contributed by atoms with Crippen LogP contribution in [0.4, 0.5) is 5.69 Å². The van der Waals surface area contributed by atoms with Gasteiger partial charge in [0.15, 0.2) is 11.5 Å². The summed E-state index contributed by atoms with van der Waals surface area (Å²) in [7, 11) is 3.62. The molecule has 4 aromatic rings. The first kappa shape index (κ1) is 23.9. The van der Waals surface area contributed by atoms with Crippen LogP contribution in [0.1, 0.15) is 27.8 Å². The van der Waals surface area contributed by atoms with E-state index in [4.69, 9.17) is 9.47 Å². The van der Waals surface area contributed by atoms with Crippen molar-refractivity contribution in [3.05, 3.63) is 89.6 Å². The Morgan fingerprint density at radius 2 is 1.74 bits per heavy atom. The van der Waals surface area contributed by atoms with Crippen LogP contribution >= 0.6 is 0 Å². The normalized spacial score (nSPS) is 16.1. The van der Waals surface area contributed by atoms with Crippen molar-refractivity contribution in [3.63, 3.8) is 0 Å². The van der Waals surface area contributed by atoms with Crippen LogP contribution < -0.4 is 19.7 Å². The summed E-state index contributed by atoms with van der Waals surface area (Å²) >= 11 is 0. The summed E-state index contributed by atoms with van der Waals surface area (Å²) in [5, 5.41) is 4.12. The number of nitrogens with one attached hydrogen (secondary N) is 1. The summed E-state index contributed by atoms with van der Waals surface area (Å²) in [6.07, 6.45) is 0.463. The van der Waals surface area contributed by atoms with Crippen molar-refractivity contribution in [1.82, 2.24) is 14.8 Å². The van der Waals surface area contributed by atoms with Crippen molar-refractivity contribution in [2.24, 2.45) is 0 Å². The van der Waals surface area contributed by atoms with Gasteiger partial charge in [0.2, 0.25) is 5.91 Å². The fraction of sp³-hybridized carbons (Fsp3) is 0.267. The lowest BCUT2D eigenvalue weighted by molar-refractivity contribution is -0.121. The number of hydrogen-bond acceptors (Lipinski definition) is 5. The van der Waals surface area contributed by atoms with Gasteiger partial charge in [-0.3, -0.25) is 9.59 Å². The highest BCUT2D eigenvalue weighted by Gasteiger charge is 2.42. The molecular formula is C30H30N4O4. The Bertz CT molecular complexity index is 1530. The number of nitrogens with zero attached hydrogens (tertiary/aromatic N) is 3. The van der Waals surface area contributed by atoms with Gasteiger partial charge in [-0.15, -0.1) is 0 Å². The van der Waals surface area contributed by atoms with Gasteiger partial charge < -0.3 is 29.2 Å². The van der Waals surface area contributed by atoms with E-state index in [0.29, 0.717) is 36.8 Å². The Hall–Kier alpha value is -4.46. The van der Waals surface area contributed by atoms with E-state index in [0.717, 1.165) is 28.7 Å². The molecule has 38 heavy (non-hydrogen) atoms. The van der Waals surface area contributed by atoms with Gasteiger partial charge in [-0.05, 0) is 42.3 Å². The van der Waals surface area contributed by atoms with Crippen LogP contribution in [0.2, 0.25) is 0 Å². The van der Waals surface area contributed by atoms with Crippen LogP contribution in [0.5, 0.6) is 11.5 Å². The highest BCUT2D eigenvalue weighted by molar-refractivity contribution is 6.02. The lowest BCUT2D eigenvalue weighted by Gasteiger charge is -2.46. The largest absolute Gasteiger partial charge is 0.493 e. The number of benzene rings is 3. The van der Waals surface area contributed by atoms with E-state index in [2.05, 4.69) is 26.9 Å². The molecule has 2 aliphatic heterocycles. The number of ether oxygens (including phenoxy) is 2. The summed E-state index contributed by atoms with van der Waals surface area (Å²) in [6.45, 7) is 1.47. The van der Waals surface area contributed by atoms with E-state index in [9.17, 15) is 9.59 Å². The lowest BCUT2D eigenvalue weighted by Crippen LogP contribution is -2.51. The molecule has 0 saturated heterocycles. The van der Waals surface area contributed by atoms with Crippen molar-refractivity contribution >= 4 is 28.4 Å². The van der Waals surface area contributed by atoms with Crippen LogP contribution in [0, 0.1) is 0 Å². The molecule has 1 unspecified atom stereocenters. The Labute approximate surface area is 221 Å². The molecule has 0 bridgehead atoms. The zero-order valence-electron chi connectivity index (χ0n) is 21.5. The molecule has 2 aliphatic rings. The number of carbonyl (C=O) groups excluding carboxylic acids is 2. The first-order chi connectivity index (χ1) is 18.6. The number of para-hydroxylation sites is 4. The van der Waals surface area contributed by atoms with Crippen LogP contribution in [-0.4, -0.2) is 55.1 Å². The van der Waals surface area contributed by atoms with E-state index >= 15 is 0 Å². The van der Waals surface area contributed by atoms with E-state index in [1.54, 1.807) is 7.11 Å². The van der Waals surface area contributed by atoms with Gasteiger partial charge in [-0.1, -0.05) is 42.5 Å². The molecule has 194 valence electrons. The fourth-order valence-corrected chi connectivity index (χ4v) is 5.77. The molecule has 1 N–H and O–H groups in total. The smallest absolute Gasteiger partial charge is 0.257 e. The molecule has 0 saturated carbocycles. The Balaban J connectivity index is 1.27. The monoisotopic (exact) mass is 510 g/mol. The second kappa shape index (κ2) is 9.78. The first-order valence-electron chi connectivity index (χ1n) is 12.8. The minimum atomic E-state index is -0.282. The van der Waals surface area contributed by atoms with E-state index in [-0.39, 0.29) is 24.5 Å². The highest BCUT2D eigenvalue weighted by Crippen LogP contribution is 2.44. The van der Waals surface area contributed by atoms with Crippen molar-refractivity contribution in [2.75, 3.05) is 38.8 Å². The molecule has 0 aliphatic carbocycles. The Kier molecular flexibility index (Phi) is 6.15. The summed E-state index contributed by atoms with van der Waals surface area (Å²) < 4.78 is 13.2. The number of methoxy groups -OCH3 is 1. The number of hydrogen-bond donors (Lipinski definition) is 1. The predicted octanol–water partition coefficient (Wildman–Crippen LogP) is 3.99. The molecule has 0 fully saturated rings. The second-order valence-electron chi connectivity index (χ2n) is 9.57. The van der Waals surface area contributed by atoms with E-state index < -0.39 is 0 Å². The SMILES string of the molecule is COc1ccccc1OCCNC(=O)Cn1c2c(c3ccccc31)CCN1C(=O)c3ccccc3N(C)C21. The maximum atomic E-state index is 13.5. The van der Waals surface area contributed by atoms with Crippen LogP contribution in [0.25, 0.3) is 10.9 Å². The van der Waals surface area contributed by atoms with Gasteiger partial charge >= 0.3 is 0 Å².